The monoisotopic (exact) mass is 350 g/mol. The third kappa shape index (κ3) is 4.77. The van der Waals surface area contributed by atoms with Gasteiger partial charge in [-0.1, -0.05) is 12.1 Å². The minimum atomic E-state index is -0.408. The molecule has 5 nitrogen and oxygen atoms in total. The topological polar surface area (TPSA) is 42.0 Å². The molecule has 0 aliphatic carbocycles. The van der Waals surface area contributed by atoms with Crippen LogP contribution in [0.5, 0.6) is 0 Å². The first-order valence-corrected chi connectivity index (χ1v) is 8.88. The van der Waals surface area contributed by atoms with E-state index < -0.39 is 5.60 Å². The lowest BCUT2D eigenvalue weighted by molar-refractivity contribution is -0.135. The molecule has 2 heterocycles. The van der Waals surface area contributed by atoms with E-state index in [0.717, 1.165) is 19.4 Å². The van der Waals surface area contributed by atoms with Crippen LogP contribution in [0.3, 0.4) is 0 Å². The van der Waals surface area contributed by atoms with Crippen LogP contribution in [0.1, 0.15) is 18.4 Å². The van der Waals surface area contributed by atoms with Crippen molar-refractivity contribution in [2.24, 2.45) is 0 Å². The maximum Gasteiger partial charge on any atom is 0.227 e. The van der Waals surface area contributed by atoms with Crippen molar-refractivity contribution in [1.82, 2.24) is 9.80 Å². The lowest BCUT2D eigenvalue weighted by Gasteiger charge is -2.32. The standard InChI is InChI=1S/C19H27FN2O3/c1-21(2)12-17-6-7-19(25-17)13-22(8-9-24-14-19)18(23)11-15-4-3-5-16(20)10-15/h3-5,10,17H,6-9,11-14H2,1-2H3/t17-,19-/m1/s1. The number of nitrogens with zero attached hydrogens (tertiary/aromatic N) is 2. The number of amides is 1. The molecule has 1 spiro atoms. The van der Waals surface area contributed by atoms with Crippen molar-refractivity contribution in [3.63, 3.8) is 0 Å². The predicted molar refractivity (Wildman–Crippen MR) is 92.9 cm³/mol. The zero-order valence-corrected chi connectivity index (χ0v) is 15.0. The fourth-order valence-electron chi connectivity index (χ4n) is 3.71. The quantitative estimate of drug-likeness (QED) is 0.829. The number of hydrogen-bond acceptors (Lipinski definition) is 4. The molecule has 2 saturated heterocycles. The molecule has 0 radical (unpaired) electrons. The predicted octanol–water partition coefficient (Wildman–Crippen LogP) is 1.71. The van der Waals surface area contributed by atoms with Crippen LogP contribution in [0.2, 0.25) is 0 Å². The Hall–Kier alpha value is -1.50. The van der Waals surface area contributed by atoms with Crippen LogP contribution >= 0.6 is 0 Å². The molecule has 0 saturated carbocycles. The number of halogens is 1. The summed E-state index contributed by atoms with van der Waals surface area (Å²) in [6, 6.07) is 6.22. The van der Waals surface area contributed by atoms with Crippen LogP contribution in [0.15, 0.2) is 24.3 Å². The van der Waals surface area contributed by atoms with Gasteiger partial charge < -0.3 is 19.3 Å². The average Bonchev–Trinajstić information content (AvgIpc) is 2.79. The summed E-state index contributed by atoms with van der Waals surface area (Å²) in [4.78, 5) is 16.6. The Bertz CT molecular complexity index is 610. The van der Waals surface area contributed by atoms with E-state index >= 15 is 0 Å². The largest absolute Gasteiger partial charge is 0.377 e. The van der Waals surface area contributed by atoms with Crippen molar-refractivity contribution in [1.29, 1.82) is 0 Å². The molecule has 2 atom stereocenters. The second-order valence-corrected chi connectivity index (χ2v) is 7.40. The minimum Gasteiger partial charge on any atom is -0.377 e. The summed E-state index contributed by atoms with van der Waals surface area (Å²) in [6.45, 7) is 3.01. The summed E-state index contributed by atoms with van der Waals surface area (Å²) >= 11 is 0. The highest BCUT2D eigenvalue weighted by Gasteiger charge is 2.43. The van der Waals surface area contributed by atoms with Gasteiger partial charge in [0.15, 0.2) is 0 Å². The first-order chi connectivity index (χ1) is 12.0. The molecule has 1 aromatic rings. The first kappa shape index (κ1) is 18.3. The molecular formula is C19H27FN2O3. The molecule has 0 bridgehead atoms. The van der Waals surface area contributed by atoms with E-state index in [1.54, 1.807) is 12.1 Å². The van der Waals surface area contributed by atoms with E-state index in [1.165, 1.54) is 12.1 Å². The van der Waals surface area contributed by atoms with E-state index in [9.17, 15) is 9.18 Å². The van der Waals surface area contributed by atoms with Crippen LogP contribution in [-0.4, -0.2) is 74.4 Å². The van der Waals surface area contributed by atoms with E-state index in [4.69, 9.17) is 9.47 Å². The van der Waals surface area contributed by atoms with E-state index in [-0.39, 0.29) is 24.2 Å². The van der Waals surface area contributed by atoms with Crippen LogP contribution < -0.4 is 0 Å². The van der Waals surface area contributed by atoms with E-state index in [1.807, 2.05) is 19.0 Å². The molecule has 3 rings (SSSR count). The number of carbonyl (C=O) groups excluding carboxylic acids is 1. The third-order valence-corrected chi connectivity index (χ3v) is 4.85. The van der Waals surface area contributed by atoms with E-state index in [2.05, 4.69) is 4.90 Å². The highest BCUT2D eigenvalue weighted by atomic mass is 19.1. The Morgan fingerprint density at radius 1 is 1.44 bits per heavy atom. The highest BCUT2D eigenvalue weighted by molar-refractivity contribution is 5.79. The van der Waals surface area contributed by atoms with Gasteiger partial charge in [-0.25, -0.2) is 4.39 Å². The number of carbonyl (C=O) groups is 1. The van der Waals surface area contributed by atoms with Gasteiger partial charge in [-0.15, -0.1) is 0 Å². The Labute approximate surface area is 148 Å². The van der Waals surface area contributed by atoms with Crippen molar-refractivity contribution in [3.8, 4) is 0 Å². The van der Waals surface area contributed by atoms with Crippen molar-refractivity contribution < 1.29 is 18.7 Å². The van der Waals surface area contributed by atoms with Gasteiger partial charge in [0.05, 0.1) is 32.3 Å². The first-order valence-electron chi connectivity index (χ1n) is 8.88. The van der Waals surface area contributed by atoms with Crippen LogP contribution in [0.4, 0.5) is 4.39 Å². The molecule has 25 heavy (non-hydrogen) atoms. The number of hydrogen-bond donors (Lipinski definition) is 0. The molecule has 0 unspecified atom stereocenters. The van der Waals surface area contributed by atoms with Crippen molar-refractivity contribution in [2.45, 2.75) is 31.0 Å². The van der Waals surface area contributed by atoms with Gasteiger partial charge in [-0.05, 0) is 44.6 Å². The normalized spacial score (nSPS) is 27.0. The smallest absolute Gasteiger partial charge is 0.227 e. The van der Waals surface area contributed by atoms with Gasteiger partial charge in [-0.2, -0.15) is 0 Å². The molecular weight excluding hydrogens is 323 g/mol. The van der Waals surface area contributed by atoms with E-state index in [0.29, 0.717) is 31.9 Å². The molecule has 2 aliphatic heterocycles. The fourth-order valence-corrected chi connectivity index (χ4v) is 3.71. The lowest BCUT2D eigenvalue weighted by atomic mass is 9.99. The van der Waals surface area contributed by atoms with Crippen molar-refractivity contribution in [2.75, 3.05) is 46.9 Å². The van der Waals surface area contributed by atoms with Crippen molar-refractivity contribution >= 4 is 5.91 Å². The van der Waals surface area contributed by atoms with Gasteiger partial charge in [0.25, 0.3) is 0 Å². The summed E-state index contributed by atoms with van der Waals surface area (Å²) < 4.78 is 25.4. The Morgan fingerprint density at radius 3 is 3.04 bits per heavy atom. The number of rotatable bonds is 4. The number of ether oxygens (including phenoxy) is 2. The van der Waals surface area contributed by atoms with Gasteiger partial charge in [0.2, 0.25) is 5.91 Å². The molecule has 1 amide bonds. The summed E-state index contributed by atoms with van der Waals surface area (Å²) in [5.41, 5.74) is 0.288. The second-order valence-electron chi connectivity index (χ2n) is 7.40. The molecule has 138 valence electrons. The maximum absolute atomic E-state index is 13.3. The Balaban J connectivity index is 1.64. The number of likely N-dealkylation sites (N-methyl/N-ethyl adjacent to an activating group) is 1. The number of benzene rings is 1. The molecule has 6 heteroatoms. The van der Waals surface area contributed by atoms with Gasteiger partial charge in [0, 0.05) is 13.1 Å². The molecule has 0 N–H and O–H groups in total. The van der Waals surface area contributed by atoms with Crippen LogP contribution in [0.25, 0.3) is 0 Å². The van der Waals surface area contributed by atoms with Crippen LogP contribution in [0, 0.1) is 5.82 Å². The molecule has 1 aromatic carbocycles. The summed E-state index contributed by atoms with van der Waals surface area (Å²) in [6.07, 6.45) is 2.26. The maximum atomic E-state index is 13.3. The summed E-state index contributed by atoms with van der Waals surface area (Å²) in [7, 11) is 4.07. The highest BCUT2D eigenvalue weighted by Crippen LogP contribution is 2.33. The lowest BCUT2D eigenvalue weighted by Crippen LogP contribution is -2.47. The molecule has 0 aromatic heterocycles. The summed E-state index contributed by atoms with van der Waals surface area (Å²) in [5.74, 6) is -0.318. The van der Waals surface area contributed by atoms with Crippen LogP contribution in [-0.2, 0) is 20.7 Å². The third-order valence-electron chi connectivity index (χ3n) is 4.85. The zero-order valence-electron chi connectivity index (χ0n) is 15.0. The fraction of sp³-hybridized carbons (Fsp3) is 0.632. The van der Waals surface area contributed by atoms with Gasteiger partial charge >= 0.3 is 0 Å². The SMILES string of the molecule is CN(C)C[C@H]1CC[C@@]2(COCCN(C(=O)Cc3cccc(F)c3)C2)O1. The molecule has 2 fully saturated rings. The Morgan fingerprint density at radius 2 is 2.28 bits per heavy atom. The molecule has 2 aliphatic rings. The Kier molecular flexibility index (Phi) is 5.71. The minimum absolute atomic E-state index is 0.00451. The average molecular weight is 350 g/mol. The van der Waals surface area contributed by atoms with Gasteiger partial charge in [-0.3, -0.25) is 4.79 Å². The summed E-state index contributed by atoms with van der Waals surface area (Å²) in [5, 5.41) is 0. The second kappa shape index (κ2) is 7.81. The van der Waals surface area contributed by atoms with Gasteiger partial charge in [0.1, 0.15) is 11.4 Å². The zero-order chi connectivity index (χ0) is 17.9. The van der Waals surface area contributed by atoms with Crippen molar-refractivity contribution in [3.05, 3.63) is 35.6 Å².